The van der Waals surface area contributed by atoms with Gasteiger partial charge >= 0.3 is 0 Å². The quantitative estimate of drug-likeness (QED) is 0.445. The van der Waals surface area contributed by atoms with Gasteiger partial charge in [-0.25, -0.2) is 4.98 Å². The van der Waals surface area contributed by atoms with Crippen molar-refractivity contribution in [3.8, 4) is 11.4 Å². The lowest BCUT2D eigenvalue weighted by Gasteiger charge is -2.41. The number of nitrogens with one attached hydrogen (secondary N) is 1. The molecule has 7 nitrogen and oxygen atoms in total. The molecule has 1 N–H and O–H groups in total. The maximum absolute atomic E-state index is 13.8. The van der Waals surface area contributed by atoms with E-state index in [1.165, 1.54) is 10.1 Å². The van der Waals surface area contributed by atoms with Gasteiger partial charge in [0.1, 0.15) is 12.4 Å². The van der Waals surface area contributed by atoms with Crippen LogP contribution < -0.4 is 10.9 Å². The summed E-state index contributed by atoms with van der Waals surface area (Å²) in [5.74, 6) is 1.36. The van der Waals surface area contributed by atoms with Gasteiger partial charge in [0.05, 0.1) is 17.0 Å². The normalized spacial score (nSPS) is 20.6. The number of carbonyl (C=O) groups excluding carboxylic acids is 1. The molecule has 0 radical (unpaired) electrons. The molecule has 1 saturated carbocycles. The number of amides is 1. The summed E-state index contributed by atoms with van der Waals surface area (Å²) in [6.45, 7) is 7.06. The number of rotatable bonds is 8. The van der Waals surface area contributed by atoms with Gasteiger partial charge in [0, 0.05) is 43.4 Å². The highest BCUT2D eigenvalue weighted by Crippen LogP contribution is 2.42. The first-order valence-electron chi connectivity index (χ1n) is 13.7. The topological polar surface area (TPSA) is 76.5 Å². The summed E-state index contributed by atoms with van der Waals surface area (Å²) in [6.07, 6.45) is 4.90. The van der Waals surface area contributed by atoms with Gasteiger partial charge < -0.3 is 15.0 Å². The van der Waals surface area contributed by atoms with Crippen molar-refractivity contribution in [1.29, 1.82) is 0 Å². The summed E-state index contributed by atoms with van der Waals surface area (Å²) in [7, 11) is 1.81. The number of benzene rings is 2. The number of fused-ring (bicyclic) bond motifs is 1. The maximum Gasteiger partial charge on any atom is 0.262 e. The Balaban J connectivity index is 1.38. The van der Waals surface area contributed by atoms with Crippen LogP contribution in [0, 0.1) is 5.92 Å². The van der Waals surface area contributed by atoms with E-state index in [0.29, 0.717) is 45.3 Å². The number of ether oxygens (including phenoxy) is 1. The molecule has 5 rings (SSSR count). The van der Waals surface area contributed by atoms with Crippen LogP contribution in [-0.2, 0) is 16.1 Å². The minimum absolute atomic E-state index is 0.0225. The molecule has 2 aromatic carbocycles. The van der Waals surface area contributed by atoms with Gasteiger partial charge in [0.2, 0.25) is 5.91 Å². The molecule has 1 aliphatic carbocycles. The summed E-state index contributed by atoms with van der Waals surface area (Å²) in [4.78, 5) is 33.9. The van der Waals surface area contributed by atoms with E-state index in [2.05, 4.69) is 16.3 Å². The molecule has 1 aromatic heterocycles. The van der Waals surface area contributed by atoms with Crippen molar-refractivity contribution in [2.24, 2.45) is 5.92 Å². The van der Waals surface area contributed by atoms with Crippen molar-refractivity contribution in [2.45, 2.75) is 64.1 Å². The summed E-state index contributed by atoms with van der Waals surface area (Å²) in [6, 6.07) is 13.3. The van der Waals surface area contributed by atoms with Crippen LogP contribution in [0.4, 0.5) is 0 Å². The number of hydrogen-bond donors (Lipinski definition) is 1. The third kappa shape index (κ3) is 5.95. The van der Waals surface area contributed by atoms with Crippen LogP contribution in [0.2, 0.25) is 5.02 Å². The lowest BCUT2D eigenvalue weighted by molar-refractivity contribution is -0.122. The smallest absolute Gasteiger partial charge is 0.262 e. The van der Waals surface area contributed by atoms with Gasteiger partial charge in [-0.3, -0.25) is 14.2 Å². The fourth-order valence-corrected chi connectivity index (χ4v) is 6.04. The average molecular weight is 537 g/mol. The van der Waals surface area contributed by atoms with Crippen LogP contribution in [0.1, 0.15) is 51.0 Å². The van der Waals surface area contributed by atoms with Crippen LogP contribution in [0.15, 0.2) is 47.3 Å². The van der Waals surface area contributed by atoms with Crippen LogP contribution in [0.5, 0.6) is 0 Å². The van der Waals surface area contributed by atoms with E-state index in [0.717, 1.165) is 45.3 Å². The molecule has 8 heteroatoms. The monoisotopic (exact) mass is 536 g/mol. The molecule has 0 unspecified atom stereocenters. The Morgan fingerprint density at radius 1 is 1.16 bits per heavy atom. The van der Waals surface area contributed by atoms with Crippen molar-refractivity contribution in [2.75, 3.05) is 26.7 Å². The predicted molar refractivity (Wildman–Crippen MR) is 152 cm³/mol. The van der Waals surface area contributed by atoms with E-state index in [1.54, 1.807) is 12.1 Å². The molecule has 0 bridgehead atoms. The Morgan fingerprint density at radius 2 is 1.92 bits per heavy atom. The van der Waals surface area contributed by atoms with Gasteiger partial charge in [0.25, 0.3) is 5.56 Å². The zero-order valence-corrected chi connectivity index (χ0v) is 23.2. The Kier molecular flexibility index (Phi) is 8.17. The van der Waals surface area contributed by atoms with Crippen molar-refractivity contribution >= 4 is 28.4 Å². The van der Waals surface area contributed by atoms with Crippen molar-refractivity contribution < 1.29 is 9.53 Å². The molecule has 202 valence electrons. The van der Waals surface area contributed by atoms with Gasteiger partial charge in [-0.2, -0.15) is 0 Å². The highest BCUT2D eigenvalue weighted by molar-refractivity contribution is 6.30. The summed E-state index contributed by atoms with van der Waals surface area (Å²) < 4.78 is 6.98. The number of hydrogen-bond acceptors (Lipinski definition) is 5. The first kappa shape index (κ1) is 26.9. The Bertz CT molecular complexity index is 1360. The second-order valence-electron chi connectivity index (χ2n) is 11.1. The Morgan fingerprint density at radius 3 is 2.61 bits per heavy atom. The van der Waals surface area contributed by atoms with Crippen LogP contribution in [0.3, 0.4) is 0 Å². The van der Waals surface area contributed by atoms with Gasteiger partial charge in [-0.05, 0) is 81.2 Å². The number of likely N-dealkylation sites (tertiary alicyclic amines) is 1. The zero-order valence-electron chi connectivity index (χ0n) is 22.5. The number of carbonyl (C=O) groups is 1. The molecule has 38 heavy (non-hydrogen) atoms. The van der Waals surface area contributed by atoms with E-state index in [9.17, 15) is 9.59 Å². The fraction of sp³-hybridized carbons (Fsp3) is 0.500. The zero-order chi connectivity index (χ0) is 26.8. The maximum atomic E-state index is 13.8. The predicted octanol–water partition coefficient (Wildman–Crippen LogP) is 4.85. The van der Waals surface area contributed by atoms with E-state index in [4.69, 9.17) is 21.3 Å². The number of nitrogens with zero attached hydrogens (tertiary/aromatic N) is 3. The third-order valence-corrected chi connectivity index (χ3v) is 8.14. The van der Waals surface area contributed by atoms with Gasteiger partial charge in [-0.1, -0.05) is 29.8 Å². The number of halogens is 1. The highest BCUT2D eigenvalue weighted by atomic mass is 35.5. The molecule has 2 heterocycles. The lowest BCUT2D eigenvalue weighted by Crippen LogP contribution is -2.41. The summed E-state index contributed by atoms with van der Waals surface area (Å²) in [5, 5.41) is 3.99. The lowest BCUT2D eigenvalue weighted by atomic mass is 9.71. The van der Waals surface area contributed by atoms with Crippen molar-refractivity contribution in [3.63, 3.8) is 0 Å². The van der Waals surface area contributed by atoms with Crippen LogP contribution in [0.25, 0.3) is 22.3 Å². The molecule has 0 spiro atoms. The minimum atomic E-state index is -0.223. The van der Waals surface area contributed by atoms with Crippen molar-refractivity contribution in [3.05, 3.63) is 63.4 Å². The van der Waals surface area contributed by atoms with E-state index < -0.39 is 0 Å². The Labute approximate surface area is 229 Å². The standard InChI is InChI=1S/C30H37ClN4O3/c1-19(2)32-28(36)18-35-29(22-5-4-6-24(31)15-22)33-27-8-7-21(16-26(27)30(35)37)23-13-20(14-23)17-34-11-9-25(38-3)10-12-34/h4-8,15-16,19-20,23,25H,9-14,17-18H2,1-3H3,(H,32,36). The largest absolute Gasteiger partial charge is 0.381 e. The summed E-state index contributed by atoms with van der Waals surface area (Å²) in [5.41, 5.74) is 2.31. The van der Waals surface area contributed by atoms with Gasteiger partial charge in [0.15, 0.2) is 0 Å². The molecule has 0 atom stereocenters. The SMILES string of the molecule is COC1CCN(CC2CC(c3ccc4nc(-c5cccc(Cl)c5)n(CC(=O)NC(C)C)c(=O)c4c3)C2)CC1. The molecule has 2 fully saturated rings. The van der Waals surface area contributed by atoms with E-state index >= 15 is 0 Å². The highest BCUT2D eigenvalue weighted by Gasteiger charge is 2.33. The van der Waals surface area contributed by atoms with E-state index in [-0.39, 0.29) is 24.1 Å². The number of methoxy groups -OCH3 is 1. The number of piperidine rings is 1. The Hall–Kier alpha value is -2.74. The molecule has 1 aliphatic heterocycles. The molecule has 1 saturated heterocycles. The molecule has 1 amide bonds. The molecular weight excluding hydrogens is 500 g/mol. The average Bonchev–Trinajstić information content (AvgIpc) is 2.87. The van der Waals surface area contributed by atoms with Crippen molar-refractivity contribution in [1.82, 2.24) is 19.8 Å². The second-order valence-corrected chi connectivity index (χ2v) is 11.5. The second kappa shape index (κ2) is 11.6. The first-order valence-corrected chi connectivity index (χ1v) is 14.0. The van der Waals surface area contributed by atoms with Crippen LogP contribution >= 0.6 is 11.6 Å². The molecular formula is C30H37ClN4O3. The fourth-order valence-electron chi connectivity index (χ4n) is 5.85. The third-order valence-electron chi connectivity index (χ3n) is 7.90. The minimum Gasteiger partial charge on any atom is -0.381 e. The van der Waals surface area contributed by atoms with E-state index in [1.807, 2.05) is 45.2 Å². The summed E-state index contributed by atoms with van der Waals surface area (Å²) >= 11 is 6.24. The number of aromatic nitrogens is 2. The van der Waals surface area contributed by atoms with Crippen LogP contribution in [-0.4, -0.2) is 59.2 Å². The first-order chi connectivity index (χ1) is 18.3. The molecule has 2 aliphatic rings. The molecule has 3 aromatic rings. The van der Waals surface area contributed by atoms with Gasteiger partial charge in [-0.15, -0.1) is 0 Å².